The lowest BCUT2D eigenvalue weighted by Crippen LogP contribution is -2.58. The van der Waals surface area contributed by atoms with E-state index >= 15 is 0 Å². The number of hydrogen-bond acceptors (Lipinski definition) is 5. The van der Waals surface area contributed by atoms with Crippen molar-refractivity contribution in [2.75, 3.05) is 26.8 Å². The number of esters is 1. The van der Waals surface area contributed by atoms with E-state index in [1.165, 1.54) is 12.2 Å². The summed E-state index contributed by atoms with van der Waals surface area (Å²) >= 11 is 0. The highest BCUT2D eigenvalue weighted by molar-refractivity contribution is 5.88. The molecule has 0 saturated carbocycles. The zero-order valence-electron chi connectivity index (χ0n) is 18.1. The zero-order chi connectivity index (χ0) is 22.0. The van der Waals surface area contributed by atoms with Crippen LogP contribution in [0.4, 0.5) is 0 Å². The lowest BCUT2D eigenvalue weighted by atomic mass is 9.77. The smallest absolute Gasteiger partial charge is 0.311 e. The minimum Gasteiger partial charge on any atom is -0.469 e. The summed E-state index contributed by atoms with van der Waals surface area (Å²) in [6.07, 6.45) is 4.13. The number of carbonyl (C=O) groups excluding carboxylic acids is 3. The fraction of sp³-hybridized carbons (Fsp3) is 0.522. The van der Waals surface area contributed by atoms with Gasteiger partial charge in [-0.15, -0.1) is 0 Å². The van der Waals surface area contributed by atoms with Crippen molar-refractivity contribution < 1.29 is 24.0 Å². The van der Waals surface area contributed by atoms with Crippen molar-refractivity contribution >= 4 is 28.7 Å². The van der Waals surface area contributed by atoms with E-state index in [2.05, 4.69) is 11.1 Å². The number of methoxy groups -OCH3 is 1. The highest BCUT2D eigenvalue weighted by Gasteiger charge is 2.58. The molecule has 166 valence electrons. The summed E-state index contributed by atoms with van der Waals surface area (Å²) in [5, 5.41) is 2.54. The Bertz CT molecular complexity index is 977. The minimum atomic E-state index is -0.742. The van der Waals surface area contributed by atoms with Crippen molar-refractivity contribution in [1.29, 1.82) is 0 Å². The molecule has 2 saturated heterocycles. The number of aromatic nitrogens is 1. The maximum Gasteiger partial charge on any atom is 0.311 e. The third-order valence-corrected chi connectivity index (χ3v) is 6.67. The number of benzene rings is 1. The van der Waals surface area contributed by atoms with Gasteiger partial charge in [0, 0.05) is 43.0 Å². The van der Waals surface area contributed by atoms with Gasteiger partial charge in [0.25, 0.3) is 0 Å². The van der Waals surface area contributed by atoms with Gasteiger partial charge in [0.05, 0.1) is 25.2 Å². The van der Waals surface area contributed by atoms with Gasteiger partial charge in [0.1, 0.15) is 0 Å². The number of ether oxygens (including phenoxy) is 1. The highest BCUT2D eigenvalue weighted by atomic mass is 16.7. The van der Waals surface area contributed by atoms with Crippen molar-refractivity contribution in [2.45, 2.75) is 44.6 Å². The molecular formula is C23H29N3O5. The molecule has 2 aliphatic rings. The highest BCUT2D eigenvalue weighted by Crippen LogP contribution is 2.44. The average molecular weight is 428 g/mol. The standard InChI is InChI=1S/C23H29N3O5/c1-3-31-26-21(28)14-18(22(29)30-2)23(26)10-12-25(13-11-23)20(27)9-8-16-15-24-19-7-5-4-6-17(16)19/h4-7,15,18,24H,3,8-14H2,1-2H3/t18-/m0/s1. The normalized spacial score (nSPS) is 20.6. The Hall–Kier alpha value is -2.87. The summed E-state index contributed by atoms with van der Waals surface area (Å²) in [6, 6.07) is 8.06. The average Bonchev–Trinajstić information content (AvgIpc) is 3.32. The number of H-pyrrole nitrogens is 1. The van der Waals surface area contributed by atoms with Crippen LogP contribution >= 0.6 is 0 Å². The molecule has 0 bridgehead atoms. The van der Waals surface area contributed by atoms with Crippen LogP contribution < -0.4 is 0 Å². The summed E-state index contributed by atoms with van der Waals surface area (Å²) in [4.78, 5) is 48.5. The third kappa shape index (κ3) is 3.80. The van der Waals surface area contributed by atoms with Crippen LogP contribution in [-0.4, -0.2) is 65.1 Å². The van der Waals surface area contributed by atoms with E-state index in [-0.39, 0.29) is 18.2 Å². The molecule has 31 heavy (non-hydrogen) atoms. The second-order valence-electron chi connectivity index (χ2n) is 8.23. The predicted molar refractivity (Wildman–Crippen MR) is 114 cm³/mol. The number of hydroxylamine groups is 2. The number of likely N-dealkylation sites (tertiary alicyclic amines) is 1. The van der Waals surface area contributed by atoms with Crippen molar-refractivity contribution in [2.24, 2.45) is 5.92 Å². The summed E-state index contributed by atoms with van der Waals surface area (Å²) in [5.41, 5.74) is 1.46. The van der Waals surface area contributed by atoms with Crippen molar-refractivity contribution in [1.82, 2.24) is 14.9 Å². The number of piperidine rings is 1. The molecule has 2 aliphatic heterocycles. The first-order chi connectivity index (χ1) is 15.0. The van der Waals surface area contributed by atoms with Crippen LogP contribution in [0, 0.1) is 5.92 Å². The molecule has 1 spiro atoms. The molecule has 8 heteroatoms. The van der Waals surface area contributed by atoms with Crippen LogP contribution in [-0.2, 0) is 30.4 Å². The topological polar surface area (TPSA) is 91.9 Å². The van der Waals surface area contributed by atoms with Gasteiger partial charge in [-0.05, 0) is 37.8 Å². The molecule has 2 fully saturated rings. The molecule has 4 rings (SSSR count). The van der Waals surface area contributed by atoms with E-state index in [4.69, 9.17) is 9.57 Å². The van der Waals surface area contributed by atoms with Gasteiger partial charge in [-0.2, -0.15) is 0 Å². The lowest BCUT2D eigenvalue weighted by Gasteiger charge is -2.45. The Kier molecular flexibility index (Phi) is 6.00. The largest absolute Gasteiger partial charge is 0.469 e. The van der Waals surface area contributed by atoms with Gasteiger partial charge < -0.3 is 14.6 Å². The Morgan fingerprint density at radius 1 is 1.23 bits per heavy atom. The molecule has 0 radical (unpaired) electrons. The van der Waals surface area contributed by atoms with Crippen LogP contribution in [0.5, 0.6) is 0 Å². The number of hydrogen-bond donors (Lipinski definition) is 1. The predicted octanol–water partition coefficient (Wildman–Crippen LogP) is 2.43. The first kappa shape index (κ1) is 21.4. The number of para-hydroxylation sites is 1. The summed E-state index contributed by atoms with van der Waals surface area (Å²) in [5.74, 6) is -1.08. The molecule has 1 aromatic carbocycles. The van der Waals surface area contributed by atoms with Crippen LogP contribution in [0.1, 0.15) is 38.2 Å². The maximum atomic E-state index is 12.9. The molecule has 2 amide bonds. The van der Waals surface area contributed by atoms with Crippen molar-refractivity contribution in [3.63, 3.8) is 0 Å². The van der Waals surface area contributed by atoms with E-state index in [0.717, 1.165) is 16.5 Å². The summed E-state index contributed by atoms with van der Waals surface area (Å²) < 4.78 is 4.97. The van der Waals surface area contributed by atoms with E-state index in [9.17, 15) is 14.4 Å². The Balaban J connectivity index is 1.42. The molecular weight excluding hydrogens is 398 g/mol. The first-order valence-corrected chi connectivity index (χ1v) is 10.9. The molecule has 0 unspecified atom stereocenters. The van der Waals surface area contributed by atoms with E-state index in [1.807, 2.05) is 36.2 Å². The Labute approximate surface area is 181 Å². The van der Waals surface area contributed by atoms with Crippen LogP contribution in [0.25, 0.3) is 10.9 Å². The van der Waals surface area contributed by atoms with Gasteiger partial charge in [-0.1, -0.05) is 18.2 Å². The SMILES string of the molecule is CCON1C(=O)C[C@@H](C(=O)OC)C12CCN(C(=O)CCc1c[nH]c3ccccc13)CC2. The van der Waals surface area contributed by atoms with Gasteiger partial charge in [0.15, 0.2) is 0 Å². The molecule has 0 aliphatic carbocycles. The maximum absolute atomic E-state index is 12.9. The van der Waals surface area contributed by atoms with E-state index in [1.54, 1.807) is 0 Å². The number of nitrogens with one attached hydrogen (secondary N) is 1. The first-order valence-electron chi connectivity index (χ1n) is 10.9. The molecule has 3 heterocycles. The van der Waals surface area contributed by atoms with E-state index in [0.29, 0.717) is 45.4 Å². The molecule has 8 nitrogen and oxygen atoms in total. The van der Waals surface area contributed by atoms with Gasteiger partial charge in [-0.3, -0.25) is 19.2 Å². The fourth-order valence-electron chi connectivity index (χ4n) is 5.05. The molecule has 2 aromatic rings. The molecule has 1 aromatic heterocycles. The number of fused-ring (bicyclic) bond motifs is 1. The number of aryl methyl sites for hydroxylation is 1. The number of carbonyl (C=O) groups is 3. The lowest BCUT2D eigenvalue weighted by molar-refractivity contribution is -0.221. The molecule has 1 N–H and O–H groups in total. The number of aromatic amines is 1. The van der Waals surface area contributed by atoms with Gasteiger partial charge in [-0.25, -0.2) is 5.06 Å². The monoisotopic (exact) mass is 427 g/mol. The summed E-state index contributed by atoms with van der Waals surface area (Å²) in [6.45, 7) is 3.12. The Morgan fingerprint density at radius 3 is 2.68 bits per heavy atom. The quantitative estimate of drug-likeness (QED) is 0.715. The number of rotatable bonds is 6. The van der Waals surface area contributed by atoms with E-state index < -0.39 is 17.4 Å². The second kappa shape index (κ2) is 8.70. The number of nitrogens with zero attached hydrogens (tertiary/aromatic N) is 2. The van der Waals surface area contributed by atoms with Gasteiger partial charge in [0.2, 0.25) is 11.8 Å². The zero-order valence-corrected chi connectivity index (χ0v) is 18.1. The van der Waals surface area contributed by atoms with Crippen LogP contribution in [0.2, 0.25) is 0 Å². The van der Waals surface area contributed by atoms with Crippen LogP contribution in [0.15, 0.2) is 30.5 Å². The van der Waals surface area contributed by atoms with Gasteiger partial charge >= 0.3 is 5.97 Å². The van der Waals surface area contributed by atoms with Crippen molar-refractivity contribution in [3.05, 3.63) is 36.0 Å². The van der Waals surface area contributed by atoms with Crippen molar-refractivity contribution in [3.8, 4) is 0 Å². The number of amides is 2. The Morgan fingerprint density at radius 2 is 1.97 bits per heavy atom. The van der Waals surface area contributed by atoms with Crippen LogP contribution in [0.3, 0.4) is 0 Å². The molecule has 1 atom stereocenters. The summed E-state index contributed by atoms with van der Waals surface area (Å²) in [7, 11) is 1.34. The minimum absolute atomic E-state index is 0.0845. The fourth-order valence-corrected chi connectivity index (χ4v) is 5.05. The second-order valence-corrected chi connectivity index (χ2v) is 8.23. The third-order valence-electron chi connectivity index (χ3n) is 6.67.